The Morgan fingerprint density at radius 3 is 2.53 bits per heavy atom. The molecule has 8 heteroatoms. The molecular formula is C30H47N5O3. The lowest BCUT2D eigenvalue weighted by molar-refractivity contribution is -0.137. The number of amides is 1. The van der Waals surface area contributed by atoms with Crippen molar-refractivity contribution < 1.29 is 14.6 Å². The highest BCUT2D eigenvalue weighted by Gasteiger charge is 2.33. The number of aliphatic hydroxyl groups excluding tert-OH is 1. The Morgan fingerprint density at radius 1 is 1.13 bits per heavy atom. The normalized spacial score (nSPS) is 20.7. The molecule has 0 radical (unpaired) electrons. The standard InChI is InChI=1S/C30H47N5O3/c1-5-38-28-8-6-7-25(19-28)22-35-23-27(20-31-35)32-13-15-33(16-14-32)29(37)26-11-9-24(10-12-26)21-34(17-18-36)30(2,3)4/h6-8,19-20,23-24,26,36H,5,9-18,21-22H2,1-4H3. The Labute approximate surface area is 228 Å². The van der Waals surface area contributed by atoms with Crippen molar-refractivity contribution in [3.63, 3.8) is 0 Å². The zero-order chi connectivity index (χ0) is 27.1. The van der Waals surface area contributed by atoms with Crippen LogP contribution < -0.4 is 9.64 Å². The number of β-amino-alcohol motifs (C(OH)–C–C–N with tert-alkyl or cyclic N) is 1. The summed E-state index contributed by atoms with van der Waals surface area (Å²) in [7, 11) is 0. The molecule has 4 rings (SSSR count). The molecule has 1 saturated carbocycles. The van der Waals surface area contributed by atoms with Crippen molar-refractivity contribution in [2.75, 3.05) is 57.4 Å². The lowest BCUT2D eigenvalue weighted by atomic mass is 9.80. The molecule has 1 aliphatic heterocycles. The molecule has 1 aromatic heterocycles. The second-order valence-corrected chi connectivity index (χ2v) is 11.8. The molecule has 2 aliphatic rings. The number of ether oxygens (including phenoxy) is 1. The summed E-state index contributed by atoms with van der Waals surface area (Å²) in [6.45, 7) is 15.1. The van der Waals surface area contributed by atoms with Crippen molar-refractivity contribution in [3.05, 3.63) is 42.2 Å². The fourth-order valence-corrected chi connectivity index (χ4v) is 5.86. The molecule has 210 valence electrons. The molecule has 0 spiro atoms. The molecule has 38 heavy (non-hydrogen) atoms. The Kier molecular flexibility index (Phi) is 9.71. The van der Waals surface area contributed by atoms with E-state index >= 15 is 0 Å². The number of benzene rings is 1. The van der Waals surface area contributed by atoms with Crippen LogP contribution in [-0.4, -0.2) is 88.6 Å². The summed E-state index contributed by atoms with van der Waals surface area (Å²) in [6.07, 6.45) is 8.20. The highest BCUT2D eigenvalue weighted by atomic mass is 16.5. The van der Waals surface area contributed by atoms with Crippen LogP contribution in [0.15, 0.2) is 36.7 Å². The molecule has 8 nitrogen and oxygen atoms in total. The molecule has 0 atom stereocenters. The van der Waals surface area contributed by atoms with Gasteiger partial charge in [0.2, 0.25) is 5.91 Å². The van der Waals surface area contributed by atoms with Crippen molar-refractivity contribution >= 4 is 11.6 Å². The number of carbonyl (C=O) groups is 1. The minimum Gasteiger partial charge on any atom is -0.494 e. The monoisotopic (exact) mass is 525 g/mol. The van der Waals surface area contributed by atoms with Gasteiger partial charge in [0.15, 0.2) is 0 Å². The molecule has 2 fully saturated rings. The van der Waals surface area contributed by atoms with Gasteiger partial charge in [-0.1, -0.05) is 12.1 Å². The van der Waals surface area contributed by atoms with E-state index in [0.29, 0.717) is 31.5 Å². The van der Waals surface area contributed by atoms with E-state index in [0.717, 1.165) is 75.4 Å². The average molecular weight is 526 g/mol. The average Bonchev–Trinajstić information content (AvgIpc) is 3.37. The topological polar surface area (TPSA) is 74.1 Å². The van der Waals surface area contributed by atoms with Gasteiger partial charge in [0.05, 0.1) is 31.6 Å². The molecule has 0 unspecified atom stereocenters. The van der Waals surface area contributed by atoms with E-state index in [9.17, 15) is 9.90 Å². The van der Waals surface area contributed by atoms with Crippen molar-refractivity contribution in [2.45, 2.75) is 65.5 Å². The first-order valence-corrected chi connectivity index (χ1v) is 14.4. The number of carbonyl (C=O) groups excluding carboxylic acids is 1. The van der Waals surface area contributed by atoms with Crippen LogP contribution in [0.4, 0.5) is 5.69 Å². The third kappa shape index (κ3) is 7.50. The summed E-state index contributed by atoms with van der Waals surface area (Å²) >= 11 is 0. The van der Waals surface area contributed by atoms with Gasteiger partial charge in [-0.2, -0.15) is 5.10 Å². The fraction of sp³-hybridized carbons (Fsp3) is 0.667. The third-order valence-electron chi connectivity index (χ3n) is 8.12. The van der Waals surface area contributed by atoms with E-state index in [1.54, 1.807) is 0 Å². The summed E-state index contributed by atoms with van der Waals surface area (Å²) in [4.78, 5) is 20.1. The van der Waals surface area contributed by atoms with E-state index in [1.165, 1.54) is 0 Å². The molecule has 1 N–H and O–H groups in total. The lowest BCUT2D eigenvalue weighted by Gasteiger charge is -2.41. The van der Waals surface area contributed by atoms with Crippen molar-refractivity contribution in [3.8, 4) is 5.75 Å². The first kappa shape index (κ1) is 28.4. The molecule has 2 heterocycles. The van der Waals surface area contributed by atoms with Gasteiger partial charge >= 0.3 is 0 Å². The van der Waals surface area contributed by atoms with Crippen LogP contribution in [0.1, 0.15) is 58.9 Å². The van der Waals surface area contributed by atoms with Gasteiger partial charge < -0.3 is 19.6 Å². The predicted octanol–water partition coefficient (Wildman–Crippen LogP) is 3.88. The molecule has 1 aromatic carbocycles. The Hall–Kier alpha value is -2.58. The van der Waals surface area contributed by atoms with Crippen molar-refractivity contribution in [1.29, 1.82) is 0 Å². The first-order chi connectivity index (χ1) is 18.3. The molecule has 0 bridgehead atoms. The Morgan fingerprint density at radius 2 is 1.87 bits per heavy atom. The van der Waals surface area contributed by atoms with Crippen LogP contribution in [0.3, 0.4) is 0 Å². The smallest absolute Gasteiger partial charge is 0.225 e. The SMILES string of the molecule is CCOc1cccc(Cn2cc(N3CCN(C(=O)C4CCC(CN(CCO)C(C)(C)C)CC4)CC3)cn2)c1. The summed E-state index contributed by atoms with van der Waals surface area (Å²) in [6, 6.07) is 8.16. The Bertz CT molecular complexity index is 1020. The fourth-order valence-electron chi connectivity index (χ4n) is 5.86. The van der Waals surface area contributed by atoms with Crippen LogP contribution in [-0.2, 0) is 11.3 Å². The van der Waals surface area contributed by atoms with Crippen LogP contribution in [0.2, 0.25) is 0 Å². The minimum atomic E-state index is 0.0558. The minimum absolute atomic E-state index is 0.0558. The summed E-state index contributed by atoms with van der Waals surface area (Å²) < 4.78 is 7.59. The number of anilines is 1. The van der Waals surface area contributed by atoms with Gasteiger partial charge in [-0.05, 0) is 77.0 Å². The maximum atomic E-state index is 13.3. The van der Waals surface area contributed by atoms with E-state index < -0.39 is 0 Å². The number of hydrogen-bond donors (Lipinski definition) is 1. The summed E-state index contributed by atoms with van der Waals surface area (Å²) in [5, 5.41) is 14.0. The van der Waals surface area contributed by atoms with Gasteiger partial charge in [0, 0.05) is 56.9 Å². The maximum Gasteiger partial charge on any atom is 0.225 e. The molecule has 1 saturated heterocycles. The van der Waals surface area contributed by atoms with Crippen LogP contribution >= 0.6 is 0 Å². The molecule has 1 aliphatic carbocycles. The molecule has 2 aromatic rings. The van der Waals surface area contributed by atoms with Crippen molar-refractivity contribution in [1.82, 2.24) is 19.6 Å². The number of nitrogens with zero attached hydrogens (tertiary/aromatic N) is 5. The molecule has 1 amide bonds. The lowest BCUT2D eigenvalue weighted by Crippen LogP contribution is -2.51. The number of piperazine rings is 1. The van der Waals surface area contributed by atoms with Crippen LogP contribution in [0.5, 0.6) is 5.75 Å². The van der Waals surface area contributed by atoms with Gasteiger partial charge in [-0.15, -0.1) is 0 Å². The van der Waals surface area contributed by atoms with E-state index in [4.69, 9.17) is 4.74 Å². The van der Waals surface area contributed by atoms with E-state index in [-0.39, 0.29) is 18.1 Å². The third-order valence-corrected chi connectivity index (χ3v) is 8.12. The van der Waals surface area contributed by atoms with Gasteiger partial charge in [-0.3, -0.25) is 14.4 Å². The second kappa shape index (κ2) is 13.0. The second-order valence-electron chi connectivity index (χ2n) is 11.8. The number of hydrogen-bond acceptors (Lipinski definition) is 6. The quantitative estimate of drug-likeness (QED) is 0.508. The zero-order valence-corrected chi connectivity index (χ0v) is 23.8. The van der Waals surface area contributed by atoms with E-state index in [2.05, 4.69) is 58.9 Å². The first-order valence-electron chi connectivity index (χ1n) is 14.4. The van der Waals surface area contributed by atoms with E-state index in [1.807, 2.05) is 29.9 Å². The highest BCUT2D eigenvalue weighted by Crippen LogP contribution is 2.32. The van der Waals surface area contributed by atoms with Crippen LogP contribution in [0.25, 0.3) is 0 Å². The van der Waals surface area contributed by atoms with Gasteiger partial charge in [0.1, 0.15) is 5.75 Å². The summed E-state index contributed by atoms with van der Waals surface area (Å²) in [5.74, 6) is 2.00. The number of aromatic nitrogens is 2. The van der Waals surface area contributed by atoms with Gasteiger partial charge in [-0.25, -0.2) is 0 Å². The highest BCUT2D eigenvalue weighted by molar-refractivity contribution is 5.79. The maximum absolute atomic E-state index is 13.3. The number of aliphatic hydroxyl groups is 1. The Balaban J connectivity index is 1.22. The molecular weight excluding hydrogens is 478 g/mol. The van der Waals surface area contributed by atoms with Crippen LogP contribution in [0, 0.1) is 11.8 Å². The predicted molar refractivity (Wildman–Crippen MR) is 152 cm³/mol. The van der Waals surface area contributed by atoms with Crippen molar-refractivity contribution in [2.24, 2.45) is 11.8 Å². The summed E-state index contributed by atoms with van der Waals surface area (Å²) in [5.41, 5.74) is 2.33. The zero-order valence-electron chi connectivity index (χ0n) is 23.8. The largest absolute Gasteiger partial charge is 0.494 e. The van der Waals surface area contributed by atoms with Gasteiger partial charge in [0.25, 0.3) is 0 Å². The number of rotatable bonds is 10.